The molecule has 0 saturated carbocycles. The summed E-state index contributed by atoms with van der Waals surface area (Å²) in [7, 11) is 0. The van der Waals surface area contributed by atoms with Crippen molar-refractivity contribution in [1.82, 2.24) is 15.5 Å². The summed E-state index contributed by atoms with van der Waals surface area (Å²) in [5.74, 6) is -0.207. The molecule has 2 fully saturated rings. The molecule has 0 radical (unpaired) electrons. The quantitative estimate of drug-likeness (QED) is 0.838. The van der Waals surface area contributed by atoms with Crippen molar-refractivity contribution in [2.75, 3.05) is 39.4 Å². The first-order chi connectivity index (χ1) is 11.2. The van der Waals surface area contributed by atoms with Crippen molar-refractivity contribution >= 4 is 18.3 Å². The van der Waals surface area contributed by atoms with Crippen LogP contribution in [-0.4, -0.2) is 56.2 Å². The number of nitrogens with zero attached hydrogens (tertiary/aromatic N) is 1. The van der Waals surface area contributed by atoms with Gasteiger partial charge in [0.1, 0.15) is 5.82 Å². The average Bonchev–Trinajstić information content (AvgIpc) is 3.10. The minimum Gasteiger partial charge on any atom is -0.379 e. The van der Waals surface area contributed by atoms with Crippen LogP contribution >= 0.6 is 12.4 Å². The second kappa shape index (κ2) is 9.32. The molecule has 2 heterocycles. The predicted octanol–water partition coefficient (Wildman–Crippen LogP) is 1.49. The van der Waals surface area contributed by atoms with E-state index in [0.717, 1.165) is 38.0 Å². The van der Waals surface area contributed by atoms with Gasteiger partial charge >= 0.3 is 0 Å². The first-order valence-electron chi connectivity index (χ1n) is 8.32. The van der Waals surface area contributed by atoms with Crippen molar-refractivity contribution in [3.63, 3.8) is 0 Å². The topological polar surface area (TPSA) is 53.6 Å². The monoisotopic (exact) mass is 357 g/mol. The maximum Gasteiger partial charge on any atom is 0.237 e. The van der Waals surface area contributed by atoms with Crippen molar-refractivity contribution in [2.45, 2.75) is 24.9 Å². The highest BCUT2D eigenvalue weighted by atomic mass is 35.5. The zero-order valence-corrected chi connectivity index (χ0v) is 14.5. The van der Waals surface area contributed by atoms with Crippen LogP contribution in [0.4, 0.5) is 4.39 Å². The van der Waals surface area contributed by atoms with Gasteiger partial charge in [-0.25, -0.2) is 4.39 Å². The Hall–Kier alpha value is -1.21. The van der Waals surface area contributed by atoms with Gasteiger partial charge in [-0.1, -0.05) is 12.1 Å². The van der Waals surface area contributed by atoms with E-state index in [2.05, 4.69) is 15.5 Å². The van der Waals surface area contributed by atoms with Gasteiger partial charge in [0.2, 0.25) is 5.91 Å². The minimum absolute atomic E-state index is 0. The predicted molar refractivity (Wildman–Crippen MR) is 92.8 cm³/mol. The molecule has 2 saturated heterocycles. The Morgan fingerprint density at radius 2 is 2.21 bits per heavy atom. The lowest BCUT2D eigenvalue weighted by atomic mass is 10.0. The van der Waals surface area contributed by atoms with Gasteiger partial charge in [-0.15, -0.1) is 12.4 Å². The Morgan fingerprint density at radius 3 is 2.88 bits per heavy atom. The second-order valence-electron chi connectivity index (χ2n) is 6.11. The molecule has 3 rings (SSSR count). The van der Waals surface area contributed by atoms with Crippen LogP contribution in [-0.2, 0) is 9.53 Å². The zero-order chi connectivity index (χ0) is 16.1. The Balaban J connectivity index is 0.00000208. The molecule has 0 bridgehead atoms. The molecular weight excluding hydrogens is 333 g/mol. The number of ether oxygens (including phenoxy) is 1. The molecule has 2 aliphatic heterocycles. The van der Waals surface area contributed by atoms with Gasteiger partial charge in [-0.3, -0.25) is 9.69 Å². The van der Waals surface area contributed by atoms with Crippen LogP contribution < -0.4 is 10.6 Å². The lowest BCUT2D eigenvalue weighted by Crippen LogP contribution is -2.47. The van der Waals surface area contributed by atoms with Gasteiger partial charge < -0.3 is 15.4 Å². The molecular formula is C17H25ClFN3O2. The number of rotatable bonds is 5. The molecule has 0 spiro atoms. The summed E-state index contributed by atoms with van der Waals surface area (Å²) in [4.78, 5) is 14.5. The lowest BCUT2D eigenvalue weighted by Gasteiger charge is -2.35. The van der Waals surface area contributed by atoms with Gasteiger partial charge in [0.15, 0.2) is 0 Å². The molecule has 0 aliphatic carbocycles. The average molecular weight is 358 g/mol. The number of amides is 1. The Labute approximate surface area is 148 Å². The normalized spacial score (nSPS) is 22.6. The molecule has 134 valence electrons. The number of hydrogen-bond donors (Lipinski definition) is 2. The molecule has 5 nitrogen and oxygen atoms in total. The molecule has 1 amide bonds. The number of carbonyl (C=O) groups excluding carboxylic acids is 1. The van der Waals surface area contributed by atoms with Crippen LogP contribution in [0.3, 0.4) is 0 Å². The SMILES string of the molecule is Cl.O=C(NCC(c1cccc(F)c1)N1CCOCC1)C1CCCN1. The summed E-state index contributed by atoms with van der Waals surface area (Å²) < 4.78 is 19.0. The standard InChI is InChI=1S/C17H24FN3O2.ClH/c18-14-4-1-3-13(11-14)16(21-7-9-23-10-8-21)12-20-17(22)15-5-2-6-19-15;/h1,3-4,11,15-16,19H,2,5-10,12H2,(H,20,22);1H. The lowest BCUT2D eigenvalue weighted by molar-refractivity contribution is -0.123. The smallest absolute Gasteiger partial charge is 0.237 e. The maximum atomic E-state index is 13.6. The third kappa shape index (κ3) is 4.89. The number of nitrogens with one attached hydrogen (secondary N) is 2. The van der Waals surface area contributed by atoms with Gasteiger partial charge in [0.05, 0.1) is 25.3 Å². The molecule has 2 aliphatic rings. The highest BCUT2D eigenvalue weighted by Gasteiger charge is 2.26. The van der Waals surface area contributed by atoms with E-state index >= 15 is 0 Å². The molecule has 1 aromatic carbocycles. The summed E-state index contributed by atoms with van der Waals surface area (Å²) in [6.07, 6.45) is 1.92. The maximum absolute atomic E-state index is 13.6. The van der Waals surface area contributed by atoms with Gasteiger partial charge in [-0.05, 0) is 37.1 Å². The van der Waals surface area contributed by atoms with Crippen LogP contribution in [0, 0.1) is 5.82 Å². The number of halogens is 2. The second-order valence-corrected chi connectivity index (χ2v) is 6.11. The van der Waals surface area contributed by atoms with Crippen molar-refractivity contribution in [3.8, 4) is 0 Å². The number of morpholine rings is 1. The van der Waals surface area contributed by atoms with Crippen LogP contribution in [0.1, 0.15) is 24.4 Å². The minimum atomic E-state index is -0.246. The fourth-order valence-electron chi connectivity index (χ4n) is 3.29. The third-order valence-electron chi connectivity index (χ3n) is 4.57. The van der Waals surface area contributed by atoms with Crippen LogP contribution in [0.2, 0.25) is 0 Å². The number of hydrogen-bond acceptors (Lipinski definition) is 4. The van der Waals surface area contributed by atoms with Crippen molar-refractivity contribution in [3.05, 3.63) is 35.6 Å². The van der Waals surface area contributed by atoms with E-state index in [1.54, 1.807) is 12.1 Å². The van der Waals surface area contributed by atoms with Crippen molar-refractivity contribution in [2.24, 2.45) is 0 Å². The Kier molecular flexibility index (Phi) is 7.42. The molecule has 0 aromatic heterocycles. The number of benzene rings is 1. The fourth-order valence-corrected chi connectivity index (χ4v) is 3.29. The molecule has 2 N–H and O–H groups in total. The molecule has 1 aromatic rings. The fraction of sp³-hybridized carbons (Fsp3) is 0.588. The summed E-state index contributed by atoms with van der Waals surface area (Å²) in [5.41, 5.74) is 0.895. The summed E-state index contributed by atoms with van der Waals surface area (Å²) in [5, 5.41) is 6.24. The summed E-state index contributed by atoms with van der Waals surface area (Å²) in [6.45, 7) is 4.31. The first kappa shape index (κ1) is 19.1. The Morgan fingerprint density at radius 1 is 1.42 bits per heavy atom. The number of carbonyl (C=O) groups is 1. The van der Waals surface area contributed by atoms with Gasteiger partial charge in [-0.2, -0.15) is 0 Å². The van der Waals surface area contributed by atoms with Crippen LogP contribution in [0.15, 0.2) is 24.3 Å². The van der Waals surface area contributed by atoms with E-state index in [-0.39, 0.29) is 36.2 Å². The van der Waals surface area contributed by atoms with Crippen molar-refractivity contribution < 1.29 is 13.9 Å². The van der Waals surface area contributed by atoms with Crippen LogP contribution in [0.25, 0.3) is 0 Å². The first-order valence-corrected chi connectivity index (χ1v) is 8.32. The van der Waals surface area contributed by atoms with E-state index in [9.17, 15) is 9.18 Å². The highest BCUT2D eigenvalue weighted by Crippen LogP contribution is 2.22. The Bertz CT molecular complexity index is 534. The molecule has 7 heteroatoms. The van der Waals surface area contributed by atoms with E-state index in [4.69, 9.17) is 4.74 Å². The molecule has 2 atom stereocenters. The molecule has 24 heavy (non-hydrogen) atoms. The zero-order valence-electron chi connectivity index (χ0n) is 13.7. The highest BCUT2D eigenvalue weighted by molar-refractivity contribution is 5.85. The van der Waals surface area contributed by atoms with Crippen LogP contribution in [0.5, 0.6) is 0 Å². The summed E-state index contributed by atoms with van der Waals surface area (Å²) >= 11 is 0. The van der Waals surface area contributed by atoms with E-state index < -0.39 is 0 Å². The van der Waals surface area contributed by atoms with Gasteiger partial charge in [0, 0.05) is 19.6 Å². The summed E-state index contributed by atoms with van der Waals surface area (Å²) in [6, 6.07) is 6.52. The third-order valence-corrected chi connectivity index (χ3v) is 4.57. The van der Waals surface area contributed by atoms with E-state index in [1.165, 1.54) is 6.07 Å². The van der Waals surface area contributed by atoms with Gasteiger partial charge in [0.25, 0.3) is 0 Å². The largest absolute Gasteiger partial charge is 0.379 e. The van der Waals surface area contributed by atoms with E-state index in [0.29, 0.717) is 19.8 Å². The molecule has 2 unspecified atom stereocenters. The van der Waals surface area contributed by atoms with E-state index in [1.807, 2.05) is 6.07 Å². The van der Waals surface area contributed by atoms with Crippen molar-refractivity contribution in [1.29, 1.82) is 0 Å².